The number of anilines is 5. The van der Waals surface area contributed by atoms with Crippen LogP contribution in [0.25, 0.3) is 11.0 Å². The van der Waals surface area contributed by atoms with Gasteiger partial charge in [-0.15, -0.1) is 0 Å². The van der Waals surface area contributed by atoms with E-state index in [9.17, 15) is 0 Å². The number of H-pyrrole nitrogens is 1. The van der Waals surface area contributed by atoms with Gasteiger partial charge < -0.3 is 20.1 Å². The molecule has 3 aromatic heterocycles. The standard InChI is InChI=1S/C24H24ClN9/c1-15-10-22(32-31-15)29-18-6-9-20-21(11-18)34(3)24(30-20)26-12-16-4-7-19(8-5-16)33(2)23-27-13-17(25)14-28-23/h4-11,13-14H,12H2,1-3H3,(H,26,30)(H2,29,31,32). The van der Waals surface area contributed by atoms with Crippen molar-refractivity contribution in [1.82, 2.24) is 29.7 Å². The summed E-state index contributed by atoms with van der Waals surface area (Å²) in [5.74, 6) is 2.18. The average molecular weight is 474 g/mol. The van der Waals surface area contributed by atoms with Gasteiger partial charge >= 0.3 is 0 Å². The quantitative estimate of drug-likeness (QED) is 0.300. The molecule has 172 valence electrons. The molecule has 5 aromatic rings. The van der Waals surface area contributed by atoms with Crippen LogP contribution in [0.4, 0.5) is 29.1 Å². The van der Waals surface area contributed by atoms with E-state index < -0.39 is 0 Å². The van der Waals surface area contributed by atoms with Crippen LogP contribution in [0.1, 0.15) is 11.3 Å². The second-order valence-electron chi connectivity index (χ2n) is 8.04. The summed E-state index contributed by atoms with van der Waals surface area (Å²) in [5.41, 5.74) is 6.04. The molecule has 5 rings (SSSR count). The lowest BCUT2D eigenvalue weighted by Gasteiger charge is -2.17. The smallest absolute Gasteiger partial charge is 0.229 e. The minimum atomic E-state index is 0.515. The Bertz CT molecular complexity index is 1420. The van der Waals surface area contributed by atoms with Crippen molar-refractivity contribution in [2.75, 3.05) is 22.6 Å². The Morgan fingerprint density at radius 2 is 1.82 bits per heavy atom. The maximum atomic E-state index is 5.88. The second kappa shape index (κ2) is 9.03. The highest BCUT2D eigenvalue weighted by Gasteiger charge is 2.10. The van der Waals surface area contributed by atoms with Crippen LogP contribution in [0.15, 0.2) is 60.9 Å². The molecular formula is C24H24ClN9. The number of benzene rings is 2. The van der Waals surface area contributed by atoms with Crippen LogP contribution < -0.4 is 15.5 Å². The summed E-state index contributed by atoms with van der Waals surface area (Å²) in [4.78, 5) is 15.2. The molecule has 0 atom stereocenters. The molecule has 0 aliphatic rings. The number of fused-ring (bicyclic) bond motifs is 1. The van der Waals surface area contributed by atoms with Gasteiger partial charge in [-0.05, 0) is 42.8 Å². The van der Waals surface area contributed by atoms with Crippen molar-refractivity contribution in [3.05, 3.63) is 77.2 Å². The first-order chi connectivity index (χ1) is 16.5. The van der Waals surface area contributed by atoms with E-state index >= 15 is 0 Å². The summed E-state index contributed by atoms with van der Waals surface area (Å²) in [7, 11) is 3.93. The maximum Gasteiger partial charge on any atom is 0.229 e. The third-order valence-corrected chi connectivity index (χ3v) is 5.74. The molecule has 0 unspecified atom stereocenters. The Morgan fingerprint density at radius 1 is 1.06 bits per heavy atom. The zero-order valence-electron chi connectivity index (χ0n) is 19.0. The van der Waals surface area contributed by atoms with Gasteiger partial charge in [0, 0.05) is 43.8 Å². The Labute approximate surface area is 201 Å². The van der Waals surface area contributed by atoms with E-state index in [-0.39, 0.29) is 0 Å². The molecule has 0 bridgehead atoms. The summed E-state index contributed by atoms with van der Waals surface area (Å²) in [6.07, 6.45) is 3.18. The molecule has 0 saturated heterocycles. The number of hydrogen-bond acceptors (Lipinski definition) is 7. The van der Waals surface area contributed by atoms with E-state index in [1.54, 1.807) is 12.4 Å². The largest absolute Gasteiger partial charge is 0.352 e. The predicted molar refractivity (Wildman–Crippen MR) is 136 cm³/mol. The van der Waals surface area contributed by atoms with E-state index in [0.29, 0.717) is 17.5 Å². The highest BCUT2D eigenvalue weighted by atomic mass is 35.5. The zero-order chi connectivity index (χ0) is 23.7. The fourth-order valence-electron chi connectivity index (χ4n) is 3.67. The van der Waals surface area contributed by atoms with E-state index in [0.717, 1.165) is 45.4 Å². The monoisotopic (exact) mass is 473 g/mol. The maximum absolute atomic E-state index is 5.88. The molecule has 0 amide bonds. The Hall–Kier alpha value is -4.11. The number of aryl methyl sites for hydroxylation is 2. The normalized spacial score (nSPS) is 11.1. The summed E-state index contributed by atoms with van der Waals surface area (Å²) in [6, 6.07) is 16.3. The fraction of sp³-hybridized carbons (Fsp3) is 0.167. The SMILES string of the molecule is Cc1cc(Nc2ccc3nc(NCc4ccc(N(C)c5ncc(Cl)cn5)cc4)n(C)c3c2)n[nH]1. The molecule has 0 aliphatic heterocycles. The highest BCUT2D eigenvalue weighted by Crippen LogP contribution is 2.25. The van der Waals surface area contributed by atoms with Crippen LogP contribution in [-0.4, -0.2) is 36.8 Å². The minimum Gasteiger partial charge on any atom is -0.352 e. The van der Waals surface area contributed by atoms with Crippen LogP contribution in [0, 0.1) is 6.92 Å². The summed E-state index contributed by atoms with van der Waals surface area (Å²) in [5, 5.41) is 14.4. The molecule has 0 fully saturated rings. The van der Waals surface area contributed by atoms with Gasteiger partial charge in [0.2, 0.25) is 11.9 Å². The van der Waals surface area contributed by atoms with Crippen molar-refractivity contribution in [3.63, 3.8) is 0 Å². The number of halogens is 1. The first-order valence-electron chi connectivity index (χ1n) is 10.8. The van der Waals surface area contributed by atoms with Crippen LogP contribution in [-0.2, 0) is 13.6 Å². The van der Waals surface area contributed by atoms with Crippen molar-refractivity contribution in [3.8, 4) is 0 Å². The molecule has 3 heterocycles. The topological polar surface area (TPSA) is 99.6 Å². The first kappa shape index (κ1) is 21.7. The third kappa shape index (κ3) is 4.51. The van der Waals surface area contributed by atoms with Gasteiger partial charge in [0.25, 0.3) is 0 Å². The third-order valence-electron chi connectivity index (χ3n) is 5.54. The molecule has 10 heteroatoms. The molecule has 9 nitrogen and oxygen atoms in total. The van der Waals surface area contributed by atoms with E-state index in [4.69, 9.17) is 16.6 Å². The number of nitrogens with zero attached hydrogens (tertiary/aromatic N) is 6. The zero-order valence-corrected chi connectivity index (χ0v) is 19.8. The van der Waals surface area contributed by atoms with Crippen LogP contribution in [0.5, 0.6) is 0 Å². The molecule has 0 spiro atoms. The van der Waals surface area contributed by atoms with E-state index in [1.165, 1.54) is 0 Å². The Kier molecular flexibility index (Phi) is 5.77. The molecule has 0 radical (unpaired) electrons. The first-order valence-corrected chi connectivity index (χ1v) is 11.1. The van der Waals surface area contributed by atoms with Crippen LogP contribution >= 0.6 is 11.6 Å². The summed E-state index contributed by atoms with van der Waals surface area (Å²) in [6.45, 7) is 2.62. The summed E-state index contributed by atoms with van der Waals surface area (Å²) >= 11 is 5.88. The number of imidazole rings is 1. The molecule has 3 N–H and O–H groups in total. The van der Waals surface area contributed by atoms with Gasteiger partial charge in [-0.1, -0.05) is 23.7 Å². The molecule has 0 saturated carbocycles. The Morgan fingerprint density at radius 3 is 2.53 bits per heavy atom. The van der Waals surface area contributed by atoms with E-state index in [1.807, 2.05) is 56.3 Å². The van der Waals surface area contributed by atoms with Gasteiger partial charge in [0.15, 0.2) is 5.82 Å². The number of aromatic amines is 1. The van der Waals surface area contributed by atoms with Crippen molar-refractivity contribution < 1.29 is 0 Å². The van der Waals surface area contributed by atoms with Crippen molar-refractivity contribution in [2.24, 2.45) is 7.05 Å². The van der Waals surface area contributed by atoms with Crippen LogP contribution in [0.2, 0.25) is 5.02 Å². The lowest BCUT2D eigenvalue weighted by molar-refractivity contribution is 0.927. The van der Waals surface area contributed by atoms with Gasteiger partial charge in [0.1, 0.15) is 0 Å². The molecule has 2 aromatic carbocycles. The second-order valence-corrected chi connectivity index (χ2v) is 8.48. The lowest BCUT2D eigenvalue weighted by Crippen LogP contribution is -2.13. The molecule has 0 aliphatic carbocycles. The number of hydrogen-bond donors (Lipinski definition) is 3. The van der Waals surface area contributed by atoms with Gasteiger partial charge in [-0.3, -0.25) is 5.10 Å². The number of nitrogens with one attached hydrogen (secondary N) is 3. The molecular weight excluding hydrogens is 450 g/mol. The van der Waals surface area contributed by atoms with Crippen LogP contribution in [0.3, 0.4) is 0 Å². The fourth-order valence-corrected chi connectivity index (χ4v) is 3.77. The predicted octanol–water partition coefficient (Wildman–Crippen LogP) is 5.17. The molecule has 34 heavy (non-hydrogen) atoms. The Balaban J connectivity index is 1.27. The lowest BCUT2D eigenvalue weighted by atomic mass is 10.2. The van der Waals surface area contributed by atoms with Gasteiger partial charge in [-0.25, -0.2) is 15.0 Å². The van der Waals surface area contributed by atoms with Gasteiger partial charge in [0.05, 0.1) is 28.4 Å². The summed E-state index contributed by atoms with van der Waals surface area (Å²) < 4.78 is 2.05. The van der Waals surface area contributed by atoms with Gasteiger partial charge in [-0.2, -0.15) is 5.10 Å². The van der Waals surface area contributed by atoms with E-state index in [2.05, 4.69) is 53.6 Å². The van der Waals surface area contributed by atoms with Crippen molar-refractivity contribution in [1.29, 1.82) is 0 Å². The van der Waals surface area contributed by atoms with Crippen molar-refractivity contribution in [2.45, 2.75) is 13.5 Å². The average Bonchev–Trinajstić information content (AvgIpc) is 3.40. The number of aromatic nitrogens is 6. The minimum absolute atomic E-state index is 0.515. The highest BCUT2D eigenvalue weighted by molar-refractivity contribution is 6.30. The van der Waals surface area contributed by atoms with Crippen molar-refractivity contribution >= 4 is 51.7 Å². The number of rotatable bonds is 7.